The lowest BCUT2D eigenvalue weighted by Gasteiger charge is -2.12. The van der Waals surface area contributed by atoms with Crippen LogP contribution >= 0.6 is 0 Å². The maximum atomic E-state index is 12.2. The lowest BCUT2D eigenvalue weighted by molar-refractivity contribution is 0.322. The topological polar surface area (TPSA) is 79.8 Å². The molecular weight excluding hydrogens is 386 g/mol. The number of aryl methyl sites for hydroxylation is 1. The average Bonchev–Trinajstić information content (AvgIpc) is 2.70. The molecule has 2 rings (SSSR count). The molecule has 7 heteroatoms. The van der Waals surface area contributed by atoms with Crippen LogP contribution in [0.2, 0.25) is 0 Å². The van der Waals surface area contributed by atoms with Gasteiger partial charge in [-0.3, -0.25) is 4.99 Å². The van der Waals surface area contributed by atoms with Crippen LogP contribution in [0.25, 0.3) is 0 Å². The highest BCUT2D eigenvalue weighted by molar-refractivity contribution is 7.90. The summed E-state index contributed by atoms with van der Waals surface area (Å²) >= 11 is 0. The van der Waals surface area contributed by atoms with Crippen molar-refractivity contribution < 1.29 is 13.2 Å². The Morgan fingerprint density at radius 1 is 1.03 bits per heavy atom. The monoisotopic (exact) mass is 417 g/mol. The molecule has 0 heterocycles. The molecule has 0 amide bonds. The second kappa shape index (κ2) is 12.1. The Morgan fingerprint density at radius 3 is 2.45 bits per heavy atom. The average molecular weight is 418 g/mol. The molecule has 6 nitrogen and oxygen atoms in total. The highest BCUT2D eigenvalue weighted by Gasteiger charge is 2.11. The van der Waals surface area contributed by atoms with Crippen molar-refractivity contribution in [1.82, 2.24) is 10.6 Å². The molecule has 0 fully saturated rings. The molecule has 0 saturated carbocycles. The molecule has 0 unspecified atom stereocenters. The Balaban J connectivity index is 1.71. The fraction of sp³-hybridized carbons (Fsp3) is 0.409. The van der Waals surface area contributed by atoms with Crippen LogP contribution in [0.3, 0.4) is 0 Å². The fourth-order valence-electron chi connectivity index (χ4n) is 2.69. The van der Waals surface area contributed by atoms with E-state index in [1.165, 1.54) is 5.56 Å². The number of rotatable bonds is 11. The molecule has 0 atom stereocenters. The van der Waals surface area contributed by atoms with Gasteiger partial charge in [-0.2, -0.15) is 0 Å². The third-order valence-electron chi connectivity index (χ3n) is 4.14. The molecule has 0 aliphatic rings. The second-order valence-corrected chi connectivity index (χ2v) is 8.96. The van der Waals surface area contributed by atoms with Gasteiger partial charge in [0, 0.05) is 13.1 Å². The van der Waals surface area contributed by atoms with Crippen molar-refractivity contribution in [1.29, 1.82) is 0 Å². The maximum absolute atomic E-state index is 12.2. The van der Waals surface area contributed by atoms with Gasteiger partial charge in [0.15, 0.2) is 15.8 Å². The molecule has 0 saturated heterocycles. The van der Waals surface area contributed by atoms with Crippen molar-refractivity contribution in [3.8, 4) is 5.75 Å². The predicted molar refractivity (Wildman–Crippen MR) is 119 cm³/mol. The molecule has 2 aromatic carbocycles. The first-order valence-electron chi connectivity index (χ1n) is 9.94. The largest absolute Gasteiger partial charge is 0.492 e. The van der Waals surface area contributed by atoms with Crippen LogP contribution in [0.4, 0.5) is 0 Å². The molecule has 158 valence electrons. The first kappa shape index (κ1) is 22.7. The normalized spacial score (nSPS) is 11.9. The number of nitrogens with zero attached hydrogens (tertiary/aromatic N) is 1. The van der Waals surface area contributed by atoms with Gasteiger partial charge in [-0.25, -0.2) is 8.42 Å². The summed E-state index contributed by atoms with van der Waals surface area (Å²) in [6.45, 7) is 6.33. The minimum absolute atomic E-state index is 0.0756. The van der Waals surface area contributed by atoms with Crippen molar-refractivity contribution in [2.24, 2.45) is 4.99 Å². The van der Waals surface area contributed by atoms with E-state index < -0.39 is 9.84 Å². The van der Waals surface area contributed by atoms with Gasteiger partial charge in [-0.15, -0.1) is 0 Å². The Labute approximate surface area is 174 Å². The summed E-state index contributed by atoms with van der Waals surface area (Å²) in [4.78, 5) is 4.45. The summed E-state index contributed by atoms with van der Waals surface area (Å²) in [6.07, 6.45) is 0.492. The smallest absolute Gasteiger partial charge is 0.191 e. The first-order chi connectivity index (χ1) is 14.0. The third-order valence-corrected chi connectivity index (χ3v) is 5.83. The minimum atomic E-state index is -3.13. The van der Waals surface area contributed by atoms with Crippen molar-refractivity contribution in [3.05, 3.63) is 65.7 Å². The minimum Gasteiger partial charge on any atom is -0.492 e. The zero-order valence-electron chi connectivity index (χ0n) is 17.2. The summed E-state index contributed by atoms with van der Waals surface area (Å²) in [5, 5.41) is 6.36. The Morgan fingerprint density at radius 2 is 1.76 bits per heavy atom. The molecule has 0 aliphatic heterocycles. The van der Waals surface area contributed by atoms with Gasteiger partial charge < -0.3 is 15.4 Å². The van der Waals surface area contributed by atoms with Crippen LogP contribution in [0, 0.1) is 6.92 Å². The number of nitrogens with one attached hydrogen (secondary N) is 2. The second-order valence-electron chi connectivity index (χ2n) is 6.78. The van der Waals surface area contributed by atoms with Crippen LogP contribution in [-0.2, 0) is 15.6 Å². The van der Waals surface area contributed by atoms with Crippen molar-refractivity contribution in [2.75, 3.05) is 32.0 Å². The summed E-state index contributed by atoms with van der Waals surface area (Å²) in [6, 6.07) is 17.2. The number of ether oxygens (including phenoxy) is 1. The Bertz CT molecular complexity index is 851. The van der Waals surface area contributed by atoms with E-state index in [0.29, 0.717) is 32.1 Å². The molecule has 0 aromatic heterocycles. The van der Waals surface area contributed by atoms with Gasteiger partial charge in [0.1, 0.15) is 12.4 Å². The number of aliphatic imine (C=N–C) groups is 1. The van der Waals surface area contributed by atoms with E-state index in [2.05, 4.69) is 15.6 Å². The lowest BCUT2D eigenvalue weighted by Crippen LogP contribution is -2.39. The molecule has 0 aliphatic carbocycles. The van der Waals surface area contributed by atoms with Crippen molar-refractivity contribution in [3.63, 3.8) is 0 Å². The lowest BCUT2D eigenvalue weighted by atomic mass is 10.2. The van der Waals surface area contributed by atoms with Gasteiger partial charge in [-0.1, -0.05) is 48.0 Å². The molecule has 0 radical (unpaired) electrons. The van der Waals surface area contributed by atoms with E-state index in [1.54, 1.807) is 0 Å². The van der Waals surface area contributed by atoms with Gasteiger partial charge in [0.25, 0.3) is 0 Å². The van der Waals surface area contributed by atoms with Crippen LogP contribution < -0.4 is 15.4 Å². The molecule has 0 bridgehead atoms. The highest BCUT2D eigenvalue weighted by atomic mass is 32.2. The van der Waals surface area contributed by atoms with E-state index in [-0.39, 0.29) is 11.5 Å². The van der Waals surface area contributed by atoms with E-state index in [4.69, 9.17) is 4.74 Å². The quantitative estimate of drug-likeness (QED) is 0.334. The summed E-state index contributed by atoms with van der Waals surface area (Å²) in [5.74, 6) is 1.71. The van der Waals surface area contributed by atoms with Gasteiger partial charge in [0.05, 0.1) is 18.1 Å². The van der Waals surface area contributed by atoms with E-state index in [1.807, 2.05) is 68.4 Å². The SMILES string of the molecule is CCNC(=NCCCS(=O)(=O)Cc1ccccc1)NCCOc1ccc(C)cc1. The van der Waals surface area contributed by atoms with E-state index in [9.17, 15) is 8.42 Å². The van der Waals surface area contributed by atoms with Gasteiger partial charge in [0.2, 0.25) is 0 Å². The zero-order chi connectivity index (χ0) is 21.0. The van der Waals surface area contributed by atoms with Crippen LogP contribution in [0.1, 0.15) is 24.5 Å². The number of guanidine groups is 1. The zero-order valence-corrected chi connectivity index (χ0v) is 18.0. The summed E-state index contributed by atoms with van der Waals surface area (Å²) in [7, 11) is -3.13. The molecule has 0 spiro atoms. The molecule has 29 heavy (non-hydrogen) atoms. The first-order valence-corrected chi connectivity index (χ1v) is 11.8. The molecular formula is C22H31N3O3S. The number of hydrogen-bond donors (Lipinski definition) is 2. The number of hydrogen-bond acceptors (Lipinski definition) is 4. The van der Waals surface area contributed by atoms with Gasteiger partial charge in [-0.05, 0) is 38.0 Å². The Kier molecular flexibility index (Phi) is 9.50. The summed E-state index contributed by atoms with van der Waals surface area (Å²) in [5.41, 5.74) is 2.02. The fourth-order valence-corrected chi connectivity index (χ4v) is 4.10. The number of sulfone groups is 1. The van der Waals surface area contributed by atoms with Crippen LogP contribution in [0.15, 0.2) is 59.6 Å². The predicted octanol–water partition coefficient (Wildman–Crippen LogP) is 2.93. The van der Waals surface area contributed by atoms with Gasteiger partial charge >= 0.3 is 0 Å². The van der Waals surface area contributed by atoms with E-state index in [0.717, 1.165) is 17.9 Å². The third kappa shape index (κ3) is 9.47. The van der Waals surface area contributed by atoms with Crippen molar-refractivity contribution in [2.45, 2.75) is 26.0 Å². The van der Waals surface area contributed by atoms with Crippen LogP contribution in [-0.4, -0.2) is 46.4 Å². The number of benzene rings is 2. The Hall–Kier alpha value is -2.54. The van der Waals surface area contributed by atoms with Crippen molar-refractivity contribution >= 4 is 15.8 Å². The van der Waals surface area contributed by atoms with E-state index >= 15 is 0 Å². The molecule has 2 aromatic rings. The van der Waals surface area contributed by atoms with Crippen LogP contribution in [0.5, 0.6) is 5.75 Å². The molecule has 2 N–H and O–H groups in total. The summed E-state index contributed by atoms with van der Waals surface area (Å²) < 4.78 is 30.2. The highest BCUT2D eigenvalue weighted by Crippen LogP contribution is 2.10. The maximum Gasteiger partial charge on any atom is 0.191 e. The standard InChI is InChI=1S/C22H31N3O3S/c1-3-23-22(25-15-16-28-21-12-10-19(2)11-13-21)24-14-7-17-29(26,27)18-20-8-5-4-6-9-20/h4-6,8-13H,3,7,14-18H2,1-2H3,(H2,23,24,25).